The number of halogens is 2. The molecule has 0 aliphatic carbocycles. The van der Waals surface area contributed by atoms with Gasteiger partial charge in [-0.2, -0.15) is 0 Å². The number of carbonyl (C=O) groups excluding carboxylic acids is 1. The Labute approximate surface area is 184 Å². The Morgan fingerprint density at radius 3 is 2.55 bits per heavy atom. The maximum Gasteiger partial charge on any atom is 0.355 e. The lowest BCUT2D eigenvalue weighted by molar-refractivity contribution is 0.0514. The van der Waals surface area contributed by atoms with Crippen molar-refractivity contribution in [2.75, 3.05) is 19.7 Å². The minimum atomic E-state index is -0.299. The predicted molar refractivity (Wildman–Crippen MR) is 121 cm³/mol. The van der Waals surface area contributed by atoms with Crippen molar-refractivity contribution in [2.45, 2.75) is 32.7 Å². The lowest BCUT2D eigenvalue weighted by Crippen LogP contribution is -2.30. The van der Waals surface area contributed by atoms with E-state index in [1.807, 2.05) is 54.0 Å². The van der Waals surface area contributed by atoms with Gasteiger partial charge in [0.1, 0.15) is 5.69 Å². The average Bonchev–Trinajstić information content (AvgIpc) is 3.03. The van der Waals surface area contributed by atoms with Crippen LogP contribution in [0.15, 0.2) is 46.9 Å². The summed E-state index contributed by atoms with van der Waals surface area (Å²) in [5.74, 6) is -0.299. The first kappa shape index (κ1) is 20.5. The molecule has 6 heteroatoms. The van der Waals surface area contributed by atoms with Crippen LogP contribution in [-0.2, 0) is 11.3 Å². The van der Waals surface area contributed by atoms with Crippen molar-refractivity contribution in [2.24, 2.45) is 0 Å². The normalized spacial score (nSPS) is 15.0. The maximum absolute atomic E-state index is 13.1. The molecule has 0 atom stereocenters. The third-order valence-corrected chi connectivity index (χ3v) is 6.62. The number of carbonyl (C=O) groups is 1. The Morgan fingerprint density at radius 1 is 1.14 bits per heavy atom. The van der Waals surface area contributed by atoms with Gasteiger partial charge in [-0.1, -0.05) is 36.2 Å². The standard InChI is InChI=1S/C23H24BrClN2O2/c1-2-29-23(28)22-18(15-26-11-7-4-8-12-26)17-13-19(24)20(25)14-21(17)27(22)16-9-5-3-6-10-16/h3,5-6,9-10,13-14H,2,4,7-8,11-12,15H2,1H3. The van der Waals surface area contributed by atoms with Gasteiger partial charge in [-0.05, 0) is 73.1 Å². The number of fused-ring (bicyclic) bond motifs is 1. The molecule has 0 spiro atoms. The number of likely N-dealkylation sites (tertiary alicyclic amines) is 1. The fourth-order valence-electron chi connectivity index (χ4n) is 4.11. The molecule has 0 unspecified atom stereocenters. The van der Waals surface area contributed by atoms with Crippen LogP contribution in [0.2, 0.25) is 5.02 Å². The van der Waals surface area contributed by atoms with Crippen LogP contribution in [0.5, 0.6) is 0 Å². The smallest absolute Gasteiger partial charge is 0.355 e. The number of ether oxygens (including phenoxy) is 1. The fraction of sp³-hybridized carbons (Fsp3) is 0.348. The topological polar surface area (TPSA) is 34.5 Å². The number of benzene rings is 2. The van der Waals surface area contributed by atoms with Crippen molar-refractivity contribution in [1.29, 1.82) is 0 Å². The van der Waals surface area contributed by atoms with Gasteiger partial charge in [0.05, 0.1) is 17.1 Å². The van der Waals surface area contributed by atoms with Crippen LogP contribution in [0.25, 0.3) is 16.6 Å². The maximum atomic E-state index is 13.1. The Balaban J connectivity index is 1.98. The van der Waals surface area contributed by atoms with Crippen LogP contribution in [0.3, 0.4) is 0 Å². The van der Waals surface area contributed by atoms with Crippen molar-refractivity contribution < 1.29 is 9.53 Å². The number of hydrogen-bond donors (Lipinski definition) is 0. The summed E-state index contributed by atoms with van der Waals surface area (Å²) in [4.78, 5) is 15.6. The number of hydrogen-bond acceptors (Lipinski definition) is 3. The predicted octanol–water partition coefficient (Wildman–Crippen LogP) is 6.21. The third-order valence-electron chi connectivity index (χ3n) is 5.43. The van der Waals surface area contributed by atoms with Gasteiger partial charge < -0.3 is 9.30 Å². The Morgan fingerprint density at radius 2 is 1.86 bits per heavy atom. The highest BCUT2D eigenvalue weighted by atomic mass is 79.9. The molecule has 1 saturated heterocycles. The van der Waals surface area contributed by atoms with Crippen LogP contribution in [0.1, 0.15) is 42.2 Å². The van der Waals surface area contributed by atoms with Gasteiger partial charge in [-0.15, -0.1) is 0 Å². The quantitative estimate of drug-likeness (QED) is 0.412. The highest BCUT2D eigenvalue weighted by molar-refractivity contribution is 9.10. The molecule has 0 bridgehead atoms. The summed E-state index contributed by atoms with van der Waals surface area (Å²) in [5, 5.41) is 1.64. The number of aromatic nitrogens is 1. The van der Waals surface area contributed by atoms with Gasteiger partial charge >= 0.3 is 5.97 Å². The summed E-state index contributed by atoms with van der Waals surface area (Å²) in [6.07, 6.45) is 3.66. The molecule has 4 rings (SSSR count). The van der Waals surface area contributed by atoms with E-state index in [2.05, 4.69) is 20.8 Å². The molecule has 0 radical (unpaired) electrons. The van der Waals surface area contributed by atoms with Crippen molar-refractivity contribution >= 4 is 44.4 Å². The lowest BCUT2D eigenvalue weighted by Gasteiger charge is -2.26. The molecule has 1 aliphatic heterocycles. The van der Waals surface area contributed by atoms with E-state index >= 15 is 0 Å². The van der Waals surface area contributed by atoms with Crippen molar-refractivity contribution in [1.82, 2.24) is 9.47 Å². The number of para-hydroxylation sites is 1. The van der Waals surface area contributed by atoms with Crippen molar-refractivity contribution in [3.05, 3.63) is 63.2 Å². The largest absolute Gasteiger partial charge is 0.461 e. The number of rotatable bonds is 5. The molecule has 29 heavy (non-hydrogen) atoms. The first-order valence-electron chi connectivity index (χ1n) is 10.1. The lowest BCUT2D eigenvalue weighted by atomic mass is 10.1. The molecule has 1 fully saturated rings. The van der Waals surface area contributed by atoms with Crippen LogP contribution in [-0.4, -0.2) is 35.1 Å². The second-order valence-electron chi connectivity index (χ2n) is 7.34. The zero-order valence-corrected chi connectivity index (χ0v) is 18.8. The van der Waals surface area contributed by atoms with Gasteiger partial charge in [0.2, 0.25) is 0 Å². The van der Waals surface area contributed by atoms with Crippen LogP contribution >= 0.6 is 27.5 Å². The molecule has 2 heterocycles. The summed E-state index contributed by atoms with van der Waals surface area (Å²) >= 11 is 10.0. The number of esters is 1. The second kappa shape index (κ2) is 8.90. The summed E-state index contributed by atoms with van der Waals surface area (Å²) in [6.45, 7) is 5.00. The summed E-state index contributed by atoms with van der Waals surface area (Å²) in [7, 11) is 0. The average molecular weight is 476 g/mol. The van der Waals surface area contributed by atoms with Gasteiger partial charge in [-0.3, -0.25) is 4.90 Å². The first-order valence-corrected chi connectivity index (χ1v) is 11.2. The van der Waals surface area contributed by atoms with Crippen molar-refractivity contribution in [3.63, 3.8) is 0 Å². The summed E-state index contributed by atoms with van der Waals surface area (Å²) in [5.41, 5.74) is 3.43. The number of nitrogens with zero attached hydrogens (tertiary/aromatic N) is 2. The van der Waals surface area contributed by atoms with E-state index < -0.39 is 0 Å². The minimum Gasteiger partial charge on any atom is -0.461 e. The van der Waals surface area contributed by atoms with E-state index in [1.165, 1.54) is 19.3 Å². The molecular formula is C23H24BrClN2O2. The van der Waals surface area contributed by atoms with E-state index in [1.54, 1.807) is 0 Å². The fourth-order valence-corrected chi connectivity index (χ4v) is 4.61. The molecule has 2 aromatic carbocycles. The minimum absolute atomic E-state index is 0.299. The first-order chi connectivity index (χ1) is 14.1. The molecule has 3 aromatic rings. The zero-order valence-electron chi connectivity index (χ0n) is 16.5. The molecule has 0 amide bonds. The van der Waals surface area contributed by atoms with Gasteiger partial charge in [0.15, 0.2) is 0 Å². The van der Waals surface area contributed by atoms with Crippen LogP contribution < -0.4 is 0 Å². The summed E-state index contributed by atoms with van der Waals surface area (Å²) in [6, 6.07) is 13.9. The van der Waals surface area contributed by atoms with Gasteiger partial charge in [-0.25, -0.2) is 4.79 Å². The highest BCUT2D eigenvalue weighted by Crippen LogP contribution is 2.37. The highest BCUT2D eigenvalue weighted by Gasteiger charge is 2.27. The molecule has 1 aromatic heterocycles. The Kier molecular flexibility index (Phi) is 6.28. The van der Waals surface area contributed by atoms with E-state index in [0.717, 1.165) is 46.3 Å². The third kappa shape index (κ3) is 4.09. The molecule has 4 nitrogen and oxygen atoms in total. The molecule has 152 valence electrons. The van der Waals surface area contributed by atoms with Crippen LogP contribution in [0, 0.1) is 0 Å². The monoisotopic (exact) mass is 474 g/mol. The summed E-state index contributed by atoms with van der Waals surface area (Å²) < 4.78 is 8.30. The molecule has 1 aliphatic rings. The second-order valence-corrected chi connectivity index (χ2v) is 8.60. The SMILES string of the molecule is CCOC(=O)c1c(CN2CCCCC2)c2cc(Br)c(Cl)cc2n1-c1ccccc1. The van der Waals surface area contributed by atoms with Crippen molar-refractivity contribution in [3.8, 4) is 5.69 Å². The zero-order chi connectivity index (χ0) is 20.4. The van der Waals surface area contributed by atoms with E-state index in [-0.39, 0.29) is 5.97 Å². The van der Waals surface area contributed by atoms with E-state index in [9.17, 15) is 4.79 Å². The van der Waals surface area contributed by atoms with E-state index in [4.69, 9.17) is 16.3 Å². The van der Waals surface area contributed by atoms with E-state index in [0.29, 0.717) is 17.3 Å². The Hall–Kier alpha value is -1.82. The number of piperidine rings is 1. The Bertz CT molecular complexity index is 1030. The molecule has 0 saturated carbocycles. The van der Waals surface area contributed by atoms with Crippen LogP contribution in [0.4, 0.5) is 0 Å². The molecule has 0 N–H and O–H groups in total. The molecular weight excluding hydrogens is 452 g/mol. The van der Waals surface area contributed by atoms with Gasteiger partial charge in [0, 0.05) is 27.7 Å². The van der Waals surface area contributed by atoms with Gasteiger partial charge in [0.25, 0.3) is 0 Å².